The molecule has 2 heteroatoms. The van der Waals surface area contributed by atoms with Crippen LogP contribution in [0.5, 0.6) is 0 Å². The van der Waals surface area contributed by atoms with Crippen LogP contribution in [0.4, 0.5) is 0 Å². The first kappa shape index (κ1) is 6.95. The van der Waals surface area contributed by atoms with Crippen LogP contribution in [0.25, 0.3) is 0 Å². The summed E-state index contributed by atoms with van der Waals surface area (Å²) in [4.78, 5) is 12.2. The summed E-state index contributed by atoms with van der Waals surface area (Å²) in [7, 11) is -0.815. The Kier molecular flexibility index (Phi) is 0.215. The Labute approximate surface area is 94.2 Å². The summed E-state index contributed by atoms with van der Waals surface area (Å²) >= 11 is 0. The van der Waals surface area contributed by atoms with Gasteiger partial charge in [0.15, 0.2) is 0 Å². The Hall–Kier alpha value is 0.736. The summed E-state index contributed by atoms with van der Waals surface area (Å²) in [6, 6.07) is 1.83. The van der Waals surface area contributed by atoms with Crippen LogP contribution in [0.1, 0.15) is 6.92 Å². The molecule has 0 radical (unpaired) electrons. The number of hydrogen-bond acceptors (Lipinski definition) is 0. The van der Waals surface area contributed by atoms with Crippen molar-refractivity contribution in [1.82, 2.24) is 0 Å². The normalized spacial score (nSPS) is 125. The topological polar surface area (TPSA) is 0 Å². The predicted octanol–water partition coefficient (Wildman–Crippen LogP) is 5.47. The molecular formula is C15H22FeSi. The average Bonchev–Trinajstić information content (AvgIpc) is 3.11. The van der Waals surface area contributed by atoms with Crippen LogP contribution in [0.15, 0.2) is 0 Å². The summed E-state index contributed by atoms with van der Waals surface area (Å²) < 4.78 is 2.35. The minimum absolute atomic E-state index is 0.815. The molecule has 0 saturated carbocycles. The second-order valence-electron chi connectivity index (χ2n) is 13.0. The molecule has 0 nitrogen and oxygen atoms in total. The first-order valence-corrected chi connectivity index (χ1v) is 17.8. The quantitative estimate of drug-likeness (QED) is 0.590. The van der Waals surface area contributed by atoms with Gasteiger partial charge < -0.3 is 0 Å². The van der Waals surface area contributed by atoms with Crippen molar-refractivity contribution >= 4 is 8.07 Å². The van der Waals surface area contributed by atoms with Gasteiger partial charge in [-0.15, -0.1) is 0 Å². The van der Waals surface area contributed by atoms with E-state index in [-0.39, 0.29) is 0 Å². The Balaban J connectivity index is 1.60. The van der Waals surface area contributed by atoms with Gasteiger partial charge in [-0.25, -0.2) is 0 Å². The molecule has 8 atom stereocenters. The van der Waals surface area contributed by atoms with E-state index in [2.05, 4.69) is 26.6 Å². The van der Waals surface area contributed by atoms with Gasteiger partial charge in [0.2, 0.25) is 0 Å². The average molecular weight is 286 g/mol. The van der Waals surface area contributed by atoms with Crippen LogP contribution in [0, 0.1) is 0 Å². The molecule has 10 heterocycles. The van der Waals surface area contributed by atoms with Gasteiger partial charge in [-0.2, -0.15) is 0 Å². The summed E-state index contributed by atoms with van der Waals surface area (Å²) in [5.41, 5.74) is 0. The van der Waals surface area contributed by atoms with Crippen molar-refractivity contribution in [1.29, 1.82) is 0 Å². The molecular weight excluding hydrogens is 264 g/mol. The van der Waals surface area contributed by atoms with Gasteiger partial charge in [0.25, 0.3) is 0 Å². The Morgan fingerprint density at radius 1 is 0.882 bits per heavy atom. The van der Waals surface area contributed by atoms with Crippen molar-refractivity contribution in [2.24, 2.45) is 0 Å². The Bertz CT molecular complexity index is 1010. The fraction of sp³-hybridized carbons (Fsp3) is 1.00. The molecule has 0 aromatic rings. The summed E-state index contributed by atoms with van der Waals surface area (Å²) in [5.74, 6) is 0. The zero-order valence-corrected chi connectivity index (χ0v) is 13.3. The van der Waals surface area contributed by atoms with Crippen LogP contribution >= 0.6 is 0 Å². The van der Waals surface area contributed by atoms with Crippen molar-refractivity contribution in [3.8, 4) is 0 Å². The van der Waals surface area contributed by atoms with Crippen LogP contribution < -0.4 is 0 Å². The van der Waals surface area contributed by atoms with Crippen LogP contribution in [-0.4, -0.2) is 8.07 Å². The van der Waals surface area contributed by atoms with E-state index in [4.69, 9.17) is 0 Å². The maximum atomic E-state index is 2.88. The van der Waals surface area contributed by atoms with Gasteiger partial charge in [0.1, 0.15) is 0 Å². The zero-order chi connectivity index (χ0) is 11.1. The van der Waals surface area contributed by atoms with Crippen LogP contribution in [-0.2, 0) is 6.51 Å². The third kappa shape index (κ3) is 0.0671. The first-order valence-electron chi connectivity index (χ1n) is 7.85. The Morgan fingerprint density at radius 2 is 1.35 bits per heavy atom. The molecule has 0 aromatic heterocycles. The molecule has 10 fully saturated rings. The standard InChI is InChI=1S/C9H15Si.C6H7.Fe/c1-10(2,3)8-9-6-4-5-7-9;1-6-4-2-3-5-6;/h4-7H,8H2,1-3H3;2-5H,1H3;. The third-order valence-corrected chi connectivity index (χ3v) is 63.4. The van der Waals surface area contributed by atoms with E-state index >= 15 is 0 Å². The van der Waals surface area contributed by atoms with Gasteiger partial charge in [0.05, 0.1) is 0 Å². The van der Waals surface area contributed by atoms with Crippen LogP contribution in [0.2, 0.25) is 72.8 Å². The second kappa shape index (κ2) is 0.526. The van der Waals surface area contributed by atoms with Crippen molar-refractivity contribution in [2.45, 2.75) is 79.8 Å². The monoisotopic (exact) mass is 286 g/mol. The van der Waals surface area contributed by atoms with Gasteiger partial charge in [-0.05, 0) is 0 Å². The fourth-order valence-corrected chi connectivity index (χ4v) is 104. The summed E-state index contributed by atoms with van der Waals surface area (Å²) in [6.07, 6.45) is 0. The van der Waals surface area contributed by atoms with Crippen molar-refractivity contribution < 1.29 is 6.51 Å². The van der Waals surface area contributed by atoms with Crippen LogP contribution in [0.3, 0.4) is 0 Å². The minimum atomic E-state index is -2.79. The molecule has 17 heavy (non-hydrogen) atoms. The van der Waals surface area contributed by atoms with E-state index < -0.39 is 14.6 Å². The summed E-state index contributed by atoms with van der Waals surface area (Å²) in [5, 5.41) is 0. The van der Waals surface area contributed by atoms with E-state index in [0.717, 1.165) is 4.31 Å². The van der Waals surface area contributed by atoms with E-state index in [1.54, 1.807) is 0 Å². The SMILES string of the molecule is C[C]12[CH]3[CH]4[CH]5[CH]1[Fe]45321678[CH]2[CH]1[CH]6[C]7(C[Si](C)(C)C)[CH]28. The molecule has 0 bridgehead atoms. The van der Waals surface area contributed by atoms with Crippen molar-refractivity contribution in [3.63, 3.8) is 0 Å². The maximum absolute atomic E-state index is 2.88. The van der Waals surface area contributed by atoms with Crippen molar-refractivity contribution in [3.05, 3.63) is 0 Å². The molecule has 0 aromatic carbocycles. The van der Waals surface area contributed by atoms with Gasteiger partial charge >= 0.3 is 94.3 Å². The molecule has 10 rings (SSSR count). The first-order chi connectivity index (χ1) is 7.64. The number of hydrogen-bond donors (Lipinski definition) is 0. The second-order valence-corrected chi connectivity index (χ2v) is 42.1. The fourth-order valence-electron chi connectivity index (χ4n) is 19.4. The summed E-state index contributed by atoms with van der Waals surface area (Å²) in [6.45, 7) is 8.13. The van der Waals surface area contributed by atoms with E-state index in [0.29, 0.717) is 0 Å². The predicted molar refractivity (Wildman–Crippen MR) is 69.2 cm³/mol. The van der Waals surface area contributed by atoms with Gasteiger partial charge in [-0.3, -0.25) is 0 Å². The molecule has 10 saturated heterocycles. The molecule has 94 valence electrons. The van der Waals surface area contributed by atoms with Gasteiger partial charge in [0, 0.05) is 0 Å². The third-order valence-electron chi connectivity index (χ3n) is 16.6. The zero-order valence-electron chi connectivity index (χ0n) is 11.2. The molecule has 1 spiro atoms. The van der Waals surface area contributed by atoms with Gasteiger partial charge in [-0.1, -0.05) is 0 Å². The van der Waals surface area contributed by atoms with E-state index in [9.17, 15) is 0 Å². The van der Waals surface area contributed by atoms with E-state index in [1.807, 2.05) is 6.04 Å². The molecule has 10 aliphatic heterocycles. The number of fused-ring (bicyclic) bond motifs is 10. The molecule has 0 aliphatic carbocycles. The molecule has 0 N–H and O–H groups in total. The molecule has 8 unspecified atom stereocenters. The molecule has 10 aliphatic rings. The Morgan fingerprint density at radius 3 is 1.53 bits per heavy atom. The van der Waals surface area contributed by atoms with E-state index in [1.165, 1.54) is 42.8 Å². The molecule has 0 amide bonds. The van der Waals surface area contributed by atoms with Crippen molar-refractivity contribution in [2.75, 3.05) is 0 Å². The number of rotatable bonds is 2.